The van der Waals surface area contributed by atoms with Crippen molar-refractivity contribution in [2.45, 2.75) is 11.1 Å². The van der Waals surface area contributed by atoms with E-state index in [0.717, 1.165) is 11.3 Å². The first-order chi connectivity index (χ1) is 9.97. The summed E-state index contributed by atoms with van der Waals surface area (Å²) in [7, 11) is -3.73. The van der Waals surface area contributed by atoms with Gasteiger partial charge in [0.15, 0.2) is 5.82 Å². The predicted octanol–water partition coefficient (Wildman–Crippen LogP) is 1.81. The molecule has 0 aliphatic rings. The summed E-state index contributed by atoms with van der Waals surface area (Å²) < 4.78 is 29.2. The smallest absolute Gasteiger partial charge is 0.271 e. The molecular formula is C10H9ClN6O2S2. The summed E-state index contributed by atoms with van der Waals surface area (Å²) in [6.07, 6.45) is 2.85. The molecule has 0 aromatic carbocycles. The Morgan fingerprint density at radius 3 is 2.67 bits per heavy atom. The number of rotatable bonds is 4. The highest BCUT2D eigenvalue weighted by Crippen LogP contribution is 2.29. The van der Waals surface area contributed by atoms with Gasteiger partial charge < -0.3 is 0 Å². The molecule has 0 atom stereocenters. The number of nitrogens with zero attached hydrogens (tertiary/aromatic N) is 4. The molecule has 0 saturated heterocycles. The second kappa shape index (κ2) is 5.13. The van der Waals surface area contributed by atoms with Crippen molar-refractivity contribution in [2.75, 3.05) is 4.72 Å². The highest BCUT2D eigenvalue weighted by atomic mass is 35.5. The van der Waals surface area contributed by atoms with Crippen molar-refractivity contribution >= 4 is 38.6 Å². The number of H-pyrrole nitrogens is 1. The Kier molecular flexibility index (Phi) is 3.43. The number of halogens is 1. The number of sulfonamides is 1. The standard InChI is InChI=1S/C10H9ClN6O2S2/c1-6-9(10(15-14-6)17-4-12-13-5-17)16-21(18,19)8-3-2-7(11)20-8/h2-5,16H,1H3,(H,14,15). The lowest BCUT2D eigenvalue weighted by Gasteiger charge is -2.07. The molecule has 0 fully saturated rings. The van der Waals surface area contributed by atoms with Crippen LogP contribution in [0.1, 0.15) is 5.69 Å². The fraction of sp³-hybridized carbons (Fsp3) is 0.100. The van der Waals surface area contributed by atoms with Crippen LogP contribution in [0.5, 0.6) is 0 Å². The number of nitrogens with one attached hydrogen (secondary N) is 2. The predicted molar refractivity (Wildman–Crippen MR) is 78.4 cm³/mol. The Hall–Kier alpha value is -1.91. The van der Waals surface area contributed by atoms with Gasteiger partial charge in [0, 0.05) is 0 Å². The van der Waals surface area contributed by atoms with Crippen LogP contribution in [0, 0.1) is 6.92 Å². The molecule has 0 amide bonds. The number of thiophene rings is 1. The van der Waals surface area contributed by atoms with Crippen molar-refractivity contribution in [3.05, 3.63) is 34.8 Å². The van der Waals surface area contributed by atoms with Crippen LogP contribution >= 0.6 is 22.9 Å². The van der Waals surface area contributed by atoms with E-state index in [4.69, 9.17) is 11.6 Å². The summed E-state index contributed by atoms with van der Waals surface area (Å²) in [6.45, 7) is 1.71. The van der Waals surface area contributed by atoms with Crippen molar-refractivity contribution < 1.29 is 8.42 Å². The molecule has 0 saturated carbocycles. The zero-order chi connectivity index (χ0) is 15.0. The van der Waals surface area contributed by atoms with Gasteiger partial charge in [0.1, 0.15) is 22.6 Å². The summed E-state index contributed by atoms with van der Waals surface area (Å²) in [5.74, 6) is 0.365. The number of aromatic amines is 1. The van der Waals surface area contributed by atoms with Gasteiger partial charge in [-0.05, 0) is 19.1 Å². The quantitative estimate of drug-likeness (QED) is 0.750. The monoisotopic (exact) mass is 344 g/mol. The van der Waals surface area contributed by atoms with Crippen LogP contribution < -0.4 is 4.72 Å². The van der Waals surface area contributed by atoms with Crippen molar-refractivity contribution in [3.8, 4) is 5.82 Å². The Balaban J connectivity index is 2.01. The first-order valence-electron chi connectivity index (χ1n) is 5.65. The number of anilines is 1. The molecule has 3 heterocycles. The van der Waals surface area contributed by atoms with Gasteiger partial charge in [0.25, 0.3) is 10.0 Å². The molecule has 8 nitrogen and oxygen atoms in total. The maximum atomic E-state index is 12.3. The minimum absolute atomic E-state index is 0.128. The lowest BCUT2D eigenvalue weighted by molar-refractivity contribution is 0.603. The number of hydrogen-bond donors (Lipinski definition) is 2. The van der Waals surface area contributed by atoms with Gasteiger partial charge in [0.05, 0.1) is 10.0 Å². The van der Waals surface area contributed by atoms with Crippen molar-refractivity contribution in [3.63, 3.8) is 0 Å². The lowest BCUT2D eigenvalue weighted by atomic mass is 10.4. The largest absolute Gasteiger partial charge is 0.279 e. The summed E-state index contributed by atoms with van der Waals surface area (Å²) in [4.78, 5) is 0. The minimum atomic E-state index is -3.73. The third-order valence-corrected chi connectivity index (χ3v) is 5.71. The van der Waals surface area contributed by atoms with Gasteiger partial charge in [-0.1, -0.05) is 11.6 Å². The third kappa shape index (κ3) is 2.64. The van der Waals surface area contributed by atoms with Gasteiger partial charge in [-0.15, -0.1) is 21.5 Å². The SMILES string of the molecule is Cc1[nH]nc(-n2cnnc2)c1NS(=O)(=O)c1ccc(Cl)s1. The Bertz CT molecular complexity index is 867. The second-order valence-electron chi connectivity index (χ2n) is 4.08. The average molecular weight is 345 g/mol. The van der Waals surface area contributed by atoms with E-state index in [1.54, 1.807) is 6.92 Å². The topological polar surface area (TPSA) is 106 Å². The average Bonchev–Trinajstić information content (AvgIpc) is 3.12. The van der Waals surface area contributed by atoms with E-state index in [1.807, 2.05) is 0 Å². The molecule has 21 heavy (non-hydrogen) atoms. The van der Waals surface area contributed by atoms with E-state index in [9.17, 15) is 8.42 Å². The zero-order valence-corrected chi connectivity index (χ0v) is 13.0. The van der Waals surface area contributed by atoms with Gasteiger partial charge in [-0.25, -0.2) is 8.42 Å². The first kappa shape index (κ1) is 14.0. The molecule has 11 heteroatoms. The zero-order valence-electron chi connectivity index (χ0n) is 10.6. The summed E-state index contributed by atoms with van der Waals surface area (Å²) in [5.41, 5.74) is 0.907. The van der Waals surface area contributed by atoms with Crippen molar-refractivity contribution in [1.29, 1.82) is 0 Å². The Labute approximate surface area is 128 Å². The first-order valence-corrected chi connectivity index (χ1v) is 8.33. The van der Waals surface area contributed by atoms with E-state index < -0.39 is 10.0 Å². The van der Waals surface area contributed by atoms with Crippen LogP contribution in [0.2, 0.25) is 4.34 Å². The van der Waals surface area contributed by atoms with Crippen LogP contribution in [0.15, 0.2) is 29.0 Å². The highest BCUT2D eigenvalue weighted by Gasteiger charge is 2.22. The van der Waals surface area contributed by atoms with Crippen LogP contribution in [-0.2, 0) is 10.0 Å². The maximum Gasteiger partial charge on any atom is 0.271 e. The van der Waals surface area contributed by atoms with Crippen LogP contribution in [-0.4, -0.2) is 33.4 Å². The molecule has 0 aliphatic heterocycles. The van der Waals surface area contributed by atoms with E-state index in [0.29, 0.717) is 21.5 Å². The molecule has 0 radical (unpaired) electrons. The normalized spacial score (nSPS) is 11.7. The molecule has 2 N–H and O–H groups in total. The molecular weight excluding hydrogens is 336 g/mol. The van der Waals surface area contributed by atoms with E-state index in [-0.39, 0.29) is 4.21 Å². The fourth-order valence-corrected chi connectivity index (χ4v) is 4.27. The molecule has 0 spiro atoms. The molecule has 3 rings (SSSR count). The molecule has 0 unspecified atom stereocenters. The highest BCUT2D eigenvalue weighted by molar-refractivity contribution is 7.94. The molecule has 0 aliphatic carbocycles. The number of aromatic nitrogens is 5. The molecule has 3 aromatic rings. The Morgan fingerprint density at radius 2 is 2.05 bits per heavy atom. The molecule has 0 bridgehead atoms. The van der Waals surface area contributed by atoms with Gasteiger partial charge in [-0.2, -0.15) is 5.10 Å². The lowest BCUT2D eigenvalue weighted by Crippen LogP contribution is -2.13. The van der Waals surface area contributed by atoms with Gasteiger partial charge >= 0.3 is 0 Å². The maximum absolute atomic E-state index is 12.3. The van der Waals surface area contributed by atoms with Crippen LogP contribution in [0.4, 0.5) is 5.69 Å². The van der Waals surface area contributed by atoms with Gasteiger partial charge in [0.2, 0.25) is 0 Å². The van der Waals surface area contributed by atoms with Gasteiger partial charge in [-0.3, -0.25) is 14.4 Å². The summed E-state index contributed by atoms with van der Waals surface area (Å²) in [5, 5.41) is 14.1. The number of hydrogen-bond acceptors (Lipinski definition) is 6. The fourth-order valence-electron chi connectivity index (χ4n) is 1.66. The van der Waals surface area contributed by atoms with Crippen molar-refractivity contribution in [1.82, 2.24) is 25.0 Å². The number of aryl methyl sites for hydroxylation is 1. The van der Waals surface area contributed by atoms with Crippen LogP contribution in [0.3, 0.4) is 0 Å². The van der Waals surface area contributed by atoms with Crippen LogP contribution in [0.25, 0.3) is 5.82 Å². The minimum Gasteiger partial charge on any atom is -0.279 e. The third-order valence-electron chi connectivity index (χ3n) is 2.64. The summed E-state index contributed by atoms with van der Waals surface area (Å²) in [6, 6.07) is 2.98. The second-order valence-corrected chi connectivity index (χ2v) is 7.70. The van der Waals surface area contributed by atoms with Crippen molar-refractivity contribution in [2.24, 2.45) is 0 Å². The summed E-state index contributed by atoms with van der Waals surface area (Å²) >= 11 is 6.76. The van der Waals surface area contributed by atoms with E-state index in [2.05, 4.69) is 25.1 Å². The molecule has 110 valence electrons. The molecule has 3 aromatic heterocycles. The van der Waals surface area contributed by atoms with E-state index in [1.165, 1.54) is 29.4 Å². The van der Waals surface area contributed by atoms with E-state index >= 15 is 0 Å². The Morgan fingerprint density at radius 1 is 1.33 bits per heavy atom.